The van der Waals surface area contributed by atoms with Gasteiger partial charge in [-0.3, -0.25) is 0 Å². The van der Waals surface area contributed by atoms with Gasteiger partial charge >= 0.3 is 0 Å². The van der Waals surface area contributed by atoms with Crippen molar-refractivity contribution >= 4 is 0 Å². The fourth-order valence-electron chi connectivity index (χ4n) is 1.13. The van der Waals surface area contributed by atoms with Crippen LogP contribution in [0.1, 0.15) is 47.0 Å². The Balaban J connectivity index is 3.67. The third kappa shape index (κ3) is 6.05. The normalized spacial score (nSPS) is 15.7. The van der Waals surface area contributed by atoms with Crippen LogP contribution in [-0.2, 0) is 4.74 Å². The molecular weight excluding hydrogens is 162 g/mol. The lowest BCUT2D eigenvalue weighted by atomic mass is 10.0. The monoisotopic (exact) mass is 187 g/mol. The van der Waals surface area contributed by atoms with E-state index in [2.05, 4.69) is 33.0 Å². The number of hydrogen-bond donors (Lipinski definition) is 1. The van der Waals surface area contributed by atoms with E-state index >= 15 is 0 Å². The Hall–Kier alpha value is -0.0800. The van der Waals surface area contributed by atoms with Crippen LogP contribution >= 0.6 is 0 Å². The third-order valence-electron chi connectivity index (χ3n) is 2.45. The summed E-state index contributed by atoms with van der Waals surface area (Å²) in [5, 5.41) is 3.34. The van der Waals surface area contributed by atoms with Gasteiger partial charge in [0.15, 0.2) is 0 Å². The Morgan fingerprint density at radius 1 is 1.23 bits per heavy atom. The van der Waals surface area contributed by atoms with Crippen molar-refractivity contribution in [1.29, 1.82) is 0 Å². The van der Waals surface area contributed by atoms with E-state index in [1.54, 1.807) is 0 Å². The lowest BCUT2D eigenvalue weighted by Gasteiger charge is -2.29. The van der Waals surface area contributed by atoms with Crippen molar-refractivity contribution < 1.29 is 4.74 Å². The van der Waals surface area contributed by atoms with E-state index in [4.69, 9.17) is 4.74 Å². The Bertz CT molecular complexity index is 117. The maximum atomic E-state index is 5.86. The van der Waals surface area contributed by atoms with E-state index < -0.39 is 0 Å². The van der Waals surface area contributed by atoms with Gasteiger partial charge < -0.3 is 10.1 Å². The molecule has 80 valence electrons. The molecule has 0 bridgehead atoms. The first-order chi connectivity index (χ1) is 6.18. The highest BCUT2D eigenvalue weighted by Gasteiger charge is 2.21. The van der Waals surface area contributed by atoms with Gasteiger partial charge in [-0.05, 0) is 26.3 Å². The molecule has 1 unspecified atom stereocenters. The molecule has 0 saturated heterocycles. The molecule has 0 aromatic heterocycles. The van der Waals surface area contributed by atoms with Crippen molar-refractivity contribution in [3.05, 3.63) is 0 Å². The number of likely N-dealkylation sites (N-methyl/N-ethyl adjacent to an activating group) is 1. The summed E-state index contributed by atoms with van der Waals surface area (Å²) in [5.74, 6) is 0. The largest absolute Gasteiger partial charge is 0.374 e. The Morgan fingerprint density at radius 3 is 2.38 bits per heavy atom. The number of unbranched alkanes of at least 4 members (excludes halogenated alkanes) is 1. The summed E-state index contributed by atoms with van der Waals surface area (Å²) < 4.78 is 5.86. The zero-order valence-corrected chi connectivity index (χ0v) is 9.65. The second-order valence-electron chi connectivity index (χ2n) is 3.79. The van der Waals surface area contributed by atoms with Crippen molar-refractivity contribution in [2.75, 3.05) is 19.7 Å². The molecule has 1 atom stereocenters. The number of ether oxygens (including phenoxy) is 1. The van der Waals surface area contributed by atoms with Crippen LogP contribution in [0.3, 0.4) is 0 Å². The average Bonchev–Trinajstić information content (AvgIpc) is 2.15. The van der Waals surface area contributed by atoms with Crippen LogP contribution in [-0.4, -0.2) is 25.3 Å². The van der Waals surface area contributed by atoms with Crippen LogP contribution in [0.15, 0.2) is 0 Å². The van der Waals surface area contributed by atoms with Crippen LogP contribution in [0.2, 0.25) is 0 Å². The molecule has 0 aliphatic heterocycles. The highest BCUT2D eigenvalue weighted by atomic mass is 16.5. The lowest BCUT2D eigenvalue weighted by Crippen LogP contribution is -2.40. The molecule has 13 heavy (non-hydrogen) atoms. The summed E-state index contributed by atoms with van der Waals surface area (Å²) in [6, 6.07) is 0. The van der Waals surface area contributed by atoms with E-state index in [1.807, 2.05) is 0 Å². The summed E-state index contributed by atoms with van der Waals surface area (Å²) in [6.07, 6.45) is 3.45. The maximum absolute atomic E-state index is 5.86. The van der Waals surface area contributed by atoms with Gasteiger partial charge in [0.1, 0.15) is 0 Å². The zero-order valence-electron chi connectivity index (χ0n) is 9.65. The summed E-state index contributed by atoms with van der Waals surface area (Å²) in [6.45, 7) is 11.6. The van der Waals surface area contributed by atoms with E-state index in [9.17, 15) is 0 Å². The fourth-order valence-corrected chi connectivity index (χ4v) is 1.13. The molecule has 0 amide bonds. The predicted octanol–water partition coefficient (Wildman–Crippen LogP) is 2.58. The molecule has 0 fully saturated rings. The Kier molecular flexibility index (Phi) is 7.29. The number of hydrogen-bond acceptors (Lipinski definition) is 2. The lowest BCUT2D eigenvalue weighted by molar-refractivity contribution is -0.0339. The molecule has 0 rings (SSSR count). The molecule has 0 radical (unpaired) electrons. The van der Waals surface area contributed by atoms with Gasteiger partial charge in [0.05, 0.1) is 5.60 Å². The van der Waals surface area contributed by atoms with Crippen LogP contribution in [0.5, 0.6) is 0 Å². The number of nitrogens with one attached hydrogen (secondary N) is 1. The minimum atomic E-state index is 0.0329. The topological polar surface area (TPSA) is 21.3 Å². The predicted molar refractivity (Wildman–Crippen MR) is 58.1 cm³/mol. The first kappa shape index (κ1) is 12.9. The quantitative estimate of drug-likeness (QED) is 0.590. The highest BCUT2D eigenvalue weighted by Crippen LogP contribution is 2.14. The van der Waals surface area contributed by atoms with E-state index in [0.717, 1.165) is 26.1 Å². The second kappa shape index (κ2) is 7.34. The maximum Gasteiger partial charge on any atom is 0.0775 e. The van der Waals surface area contributed by atoms with Crippen LogP contribution in [0.25, 0.3) is 0 Å². The van der Waals surface area contributed by atoms with Gasteiger partial charge in [-0.2, -0.15) is 0 Å². The summed E-state index contributed by atoms with van der Waals surface area (Å²) >= 11 is 0. The average molecular weight is 187 g/mol. The van der Waals surface area contributed by atoms with Gasteiger partial charge in [0.25, 0.3) is 0 Å². The van der Waals surface area contributed by atoms with Crippen molar-refractivity contribution in [2.45, 2.75) is 52.6 Å². The number of rotatable bonds is 8. The van der Waals surface area contributed by atoms with E-state index in [0.29, 0.717) is 0 Å². The van der Waals surface area contributed by atoms with Gasteiger partial charge in [0.2, 0.25) is 0 Å². The fraction of sp³-hybridized carbons (Fsp3) is 1.00. The molecule has 0 spiro atoms. The van der Waals surface area contributed by atoms with Crippen molar-refractivity contribution in [3.63, 3.8) is 0 Å². The minimum absolute atomic E-state index is 0.0329. The van der Waals surface area contributed by atoms with Crippen LogP contribution < -0.4 is 5.32 Å². The van der Waals surface area contributed by atoms with Crippen LogP contribution in [0.4, 0.5) is 0 Å². The van der Waals surface area contributed by atoms with Crippen molar-refractivity contribution in [2.24, 2.45) is 0 Å². The molecule has 0 aromatic carbocycles. The minimum Gasteiger partial charge on any atom is -0.374 e. The van der Waals surface area contributed by atoms with Crippen molar-refractivity contribution in [1.82, 2.24) is 5.32 Å². The summed E-state index contributed by atoms with van der Waals surface area (Å²) in [4.78, 5) is 0. The molecule has 1 N–H and O–H groups in total. The summed E-state index contributed by atoms with van der Waals surface area (Å²) in [7, 11) is 0. The molecule has 0 aliphatic rings. The highest BCUT2D eigenvalue weighted by molar-refractivity contribution is 4.75. The third-order valence-corrected chi connectivity index (χ3v) is 2.45. The Morgan fingerprint density at radius 2 is 1.92 bits per heavy atom. The van der Waals surface area contributed by atoms with Crippen molar-refractivity contribution in [3.8, 4) is 0 Å². The second-order valence-corrected chi connectivity index (χ2v) is 3.79. The molecule has 2 nitrogen and oxygen atoms in total. The Labute approximate surface area is 83.1 Å². The zero-order chi connectivity index (χ0) is 10.2. The molecule has 2 heteroatoms. The van der Waals surface area contributed by atoms with Gasteiger partial charge in [0, 0.05) is 13.2 Å². The van der Waals surface area contributed by atoms with Gasteiger partial charge in [-0.25, -0.2) is 0 Å². The van der Waals surface area contributed by atoms with E-state index in [-0.39, 0.29) is 5.60 Å². The molecule has 0 aliphatic carbocycles. The molecule has 0 heterocycles. The molecule has 0 saturated carbocycles. The SMILES string of the molecule is CCCCOC(C)(CC)CNCC. The first-order valence-corrected chi connectivity index (χ1v) is 5.53. The van der Waals surface area contributed by atoms with Crippen LogP contribution in [0, 0.1) is 0 Å². The standard InChI is InChI=1S/C11H25NO/c1-5-8-9-13-11(4,6-2)10-12-7-3/h12H,5-10H2,1-4H3. The summed E-state index contributed by atoms with van der Waals surface area (Å²) in [5.41, 5.74) is 0.0329. The first-order valence-electron chi connectivity index (χ1n) is 5.53. The molecule has 0 aromatic rings. The van der Waals surface area contributed by atoms with Gasteiger partial charge in [-0.1, -0.05) is 27.2 Å². The smallest absolute Gasteiger partial charge is 0.0775 e. The van der Waals surface area contributed by atoms with Gasteiger partial charge in [-0.15, -0.1) is 0 Å². The van der Waals surface area contributed by atoms with E-state index in [1.165, 1.54) is 12.8 Å². The molecular formula is C11H25NO.